The maximum Gasteiger partial charge on any atom is 0.331 e. The number of hydrogen-bond donors (Lipinski definition) is 1. The molecule has 4 bridgehead atoms. The van der Waals surface area contributed by atoms with Crippen LogP contribution in [0.1, 0.15) is 45.4 Å². The molecule has 0 spiro atoms. The minimum Gasteiger partial charge on any atom is -0.463 e. The van der Waals surface area contributed by atoms with Crippen molar-refractivity contribution in [1.29, 1.82) is 0 Å². The summed E-state index contributed by atoms with van der Waals surface area (Å²) in [5.41, 5.74) is -0.0843. The van der Waals surface area contributed by atoms with E-state index in [0.717, 1.165) is 49.2 Å². The first-order valence-corrected chi connectivity index (χ1v) is 8.80. The summed E-state index contributed by atoms with van der Waals surface area (Å²) in [5, 5.41) is 3.13. The third kappa shape index (κ3) is 3.97. The van der Waals surface area contributed by atoms with Gasteiger partial charge in [0.25, 0.3) is 5.91 Å². The van der Waals surface area contributed by atoms with Gasteiger partial charge in [0.2, 0.25) is 0 Å². The molecule has 4 fully saturated rings. The van der Waals surface area contributed by atoms with E-state index in [-0.39, 0.29) is 24.7 Å². The molecule has 4 aliphatic rings. The Kier molecular flexibility index (Phi) is 4.92. The quantitative estimate of drug-likeness (QED) is 0.590. The summed E-state index contributed by atoms with van der Waals surface area (Å²) in [6, 6.07) is 0. The second-order valence-corrected chi connectivity index (χ2v) is 7.44. The lowest BCUT2D eigenvalue weighted by atomic mass is 9.53. The van der Waals surface area contributed by atoms with Crippen LogP contribution >= 0.6 is 0 Å². The van der Waals surface area contributed by atoms with Crippen LogP contribution in [0.25, 0.3) is 0 Å². The first-order valence-electron chi connectivity index (χ1n) is 8.80. The first-order chi connectivity index (χ1) is 11.5. The smallest absolute Gasteiger partial charge is 0.331 e. The molecule has 4 aliphatic carbocycles. The minimum atomic E-state index is -0.719. The van der Waals surface area contributed by atoms with E-state index >= 15 is 0 Å². The molecule has 4 rings (SSSR count). The Morgan fingerprint density at radius 2 is 1.46 bits per heavy atom. The molecule has 0 atom stereocenters. The van der Waals surface area contributed by atoms with E-state index in [1.54, 1.807) is 6.92 Å². The van der Waals surface area contributed by atoms with Crippen molar-refractivity contribution in [3.63, 3.8) is 0 Å². The summed E-state index contributed by atoms with van der Waals surface area (Å²) in [4.78, 5) is 34.8. The lowest BCUT2D eigenvalue weighted by molar-refractivity contribution is -0.146. The van der Waals surface area contributed by atoms with Crippen molar-refractivity contribution in [1.82, 2.24) is 5.32 Å². The Labute approximate surface area is 141 Å². The van der Waals surface area contributed by atoms with Crippen LogP contribution < -0.4 is 5.32 Å². The first kappa shape index (κ1) is 17.0. The van der Waals surface area contributed by atoms with Crippen LogP contribution in [0, 0.1) is 17.8 Å². The molecular weight excluding hydrogens is 310 g/mol. The number of nitrogens with one attached hydrogen (secondary N) is 1. The van der Waals surface area contributed by atoms with Crippen molar-refractivity contribution >= 4 is 17.8 Å². The van der Waals surface area contributed by atoms with Gasteiger partial charge in [0.15, 0.2) is 6.61 Å². The Bertz CT molecular complexity index is 518. The number of rotatable bonds is 6. The van der Waals surface area contributed by atoms with Gasteiger partial charge in [-0.15, -0.1) is 0 Å². The van der Waals surface area contributed by atoms with Gasteiger partial charge in [0.1, 0.15) is 0 Å². The molecular formula is C18H25NO5. The number of amides is 1. The number of esters is 2. The van der Waals surface area contributed by atoms with Crippen LogP contribution in [0.4, 0.5) is 0 Å². The molecule has 6 heteroatoms. The summed E-state index contributed by atoms with van der Waals surface area (Å²) in [5.74, 6) is 0.649. The third-order valence-electron chi connectivity index (χ3n) is 5.43. The number of hydrogen-bond acceptors (Lipinski definition) is 5. The van der Waals surface area contributed by atoms with Crippen molar-refractivity contribution in [3.8, 4) is 0 Å². The van der Waals surface area contributed by atoms with E-state index < -0.39 is 11.9 Å². The molecule has 0 heterocycles. The summed E-state index contributed by atoms with van der Waals surface area (Å²) in [6.07, 6.45) is 9.08. The van der Waals surface area contributed by atoms with Crippen LogP contribution in [0.3, 0.4) is 0 Å². The highest BCUT2D eigenvalue weighted by molar-refractivity contribution is 5.92. The Morgan fingerprint density at radius 1 is 0.958 bits per heavy atom. The highest BCUT2D eigenvalue weighted by Crippen LogP contribution is 2.55. The van der Waals surface area contributed by atoms with Crippen LogP contribution in [0.15, 0.2) is 12.2 Å². The summed E-state index contributed by atoms with van der Waals surface area (Å²) in [7, 11) is 0. The molecule has 0 aliphatic heterocycles. The number of ether oxygens (including phenoxy) is 2. The van der Waals surface area contributed by atoms with E-state index in [0.29, 0.717) is 0 Å². The van der Waals surface area contributed by atoms with Gasteiger partial charge < -0.3 is 14.8 Å². The molecule has 1 amide bonds. The molecule has 4 saturated carbocycles. The molecule has 0 aromatic rings. The number of carbonyl (C=O) groups excluding carboxylic acids is 3. The van der Waals surface area contributed by atoms with E-state index in [4.69, 9.17) is 4.74 Å². The molecule has 1 N–H and O–H groups in total. The normalized spacial score (nSPS) is 33.5. The molecule has 0 aromatic heterocycles. The molecule has 24 heavy (non-hydrogen) atoms. The predicted octanol–water partition coefficient (Wildman–Crippen LogP) is 1.73. The predicted molar refractivity (Wildman–Crippen MR) is 85.8 cm³/mol. The third-order valence-corrected chi connectivity index (χ3v) is 5.43. The Hall–Kier alpha value is -1.85. The zero-order valence-electron chi connectivity index (χ0n) is 14.1. The van der Waals surface area contributed by atoms with Gasteiger partial charge in [-0.3, -0.25) is 4.79 Å². The maximum atomic E-state index is 12.2. The van der Waals surface area contributed by atoms with E-state index in [1.807, 2.05) is 0 Å². The molecule has 0 saturated heterocycles. The summed E-state index contributed by atoms with van der Waals surface area (Å²) in [6.45, 7) is 1.61. The maximum absolute atomic E-state index is 12.2. The lowest BCUT2D eigenvalue weighted by Gasteiger charge is -2.56. The van der Waals surface area contributed by atoms with Crippen LogP contribution in [-0.2, 0) is 23.9 Å². The second-order valence-electron chi connectivity index (χ2n) is 7.44. The van der Waals surface area contributed by atoms with Crippen molar-refractivity contribution in [2.45, 2.75) is 51.0 Å². The Morgan fingerprint density at radius 3 is 1.96 bits per heavy atom. The lowest BCUT2D eigenvalue weighted by Crippen LogP contribution is -2.60. The van der Waals surface area contributed by atoms with Crippen molar-refractivity contribution in [2.24, 2.45) is 17.8 Å². The Balaban J connectivity index is 1.45. The van der Waals surface area contributed by atoms with Crippen LogP contribution in [0.2, 0.25) is 0 Å². The molecule has 132 valence electrons. The fraction of sp³-hybridized carbons (Fsp3) is 0.722. The fourth-order valence-electron chi connectivity index (χ4n) is 5.11. The average Bonchev–Trinajstić information content (AvgIpc) is 2.49. The fourth-order valence-corrected chi connectivity index (χ4v) is 5.11. The van der Waals surface area contributed by atoms with E-state index in [1.165, 1.54) is 19.3 Å². The van der Waals surface area contributed by atoms with Crippen LogP contribution in [-0.4, -0.2) is 36.6 Å². The van der Waals surface area contributed by atoms with Crippen LogP contribution in [0.5, 0.6) is 0 Å². The highest BCUT2D eigenvalue weighted by atomic mass is 16.5. The van der Waals surface area contributed by atoms with Gasteiger partial charge >= 0.3 is 11.9 Å². The van der Waals surface area contributed by atoms with Crippen molar-refractivity contribution in [3.05, 3.63) is 12.2 Å². The van der Waals surface area contributed by atoms with Gasteiger partial charge in [0.05, 0.1) is 6.61 Å². The van der Waals surface area contributed by atoms with Gasteiger partial charge in [0, 0.05) is 17.7 Å². The molecule has 6 nitrogen and oxygen atoms in total. The van der Waals surface area contributed by atoms with Crippen molar-refractivity contribution < 1.29 is 23.9 Å². The minimum absolute atomic E-state index is 0.0843. The average molecular weight is 335 g/mol. The van der Waals surface area contributed by atoms with Crippen molar-refractivity contribution in [2.75, 3.05) is 13.2 Å². The SMILES string of the molecule is CCOC(=O)C=CC(=O)OCC(=O)NC12CC3CC(CC(C3)C1)C2. The zero-order valence-corrected chi connectivity index (χ0v) is 14.1. The van der Waals surface area contributed by atoms with Gasteiger partial charge in [-0.2, -0.15) is 0 Å². The molecule has 0 unspecified atom stereocenters. The summed E-state index contributed by atoms with van der Waals surface area (Å²) < 4.78 is 9.56. The molecule has 0 radical (unpaired) electrons. The second kappa shape index (κ2) is 6.95. The molecule has 0 aromatic carbocycles. The zero-order chi connectivity index (χ0) is 17.2. The van der Waals surface area contributed by atoms with E-state index in [9.17, 15) is 14.4 Å². The van der Waals surface area contributed by atoms with E-state index in [2.05, 4.69) is 10.1 Å². The monoisotopic (exact) mass is 335 g/mol. The largest absolute Gasteiger partial charge is 0.463 e. The number of carbonyl (C=O) groups is 3. The topological polar surface area (TPSA) is 81.7 Å². The van der Waals surface area contributed by atoms with Gasteiger partial charge in [-0.05, 0) is 63.2 Å². The summed E-state index contributed by atoms with van der Waals surface area (Å²) >= 11 is 0. The van der Waals surface area contributed by atoms with Gasteiger partial charge in [-0.25, -0.2) is 9.59 Å². The van der Waals surface area contributed by atoms with Gasteiger partial charge in [-0.1, -0.05) is 0 Å². The standard InChI is InChI=1S/C18H25NO5/c1-2-23-16(21)3-4-17(22)24-11-15(20)19-18-8-12-5-13(9-18)7-14(6-12)10-18/h3-4,12-14H,2,5-11H2,1H3,(H,19,20). The highest BCUT2D eigenvalue weighted by Gasteiger charge is 2.51.